The molecule has 0 saturated heterocycles. The molecular weight excluding hydrogens is 460 g/mol. The van der Waals surface area contributed by atoms with Gasteiger partial charge < -0.3 is 24.9 Å². The van der Waals surface area contributed by atoms with Crippen LogP contribution in [0.3, 0.4) is 0 Å². The zero-order chi connectivity index (χ0) is 25.6. The zero-order valence-corrected chi connectivity index (χ0v) is 20.2. The van der Waals surface area contributed by atoms with E-state index in [1.165, 1.54) is 0 Å². The van der Waals surface area contributed by atoms with Gasteiger partial charge in [0.05, 0.1) is 25.7 Å². The minimum atomic E-state index is -1.03. The average Bonchev–Trinajstić information content (AvgIpc) is 3.40. The first-order valence-electron chi connectivity index (χ1n) is 11.7. The maximum atomic E-state index is 13.0. The number of benzene rings is 2. The Hall–Kier alpha value is -4.33. The lowest BCUT2D eigenvalue weighted by Gasteiger charge is -2.14. The quantitative estimate of drug-likeness (QED) is 0.427. The summed E-state index contributed by atoms with van der Waals surface area (Å²) >= 11 is 0. The van der Waals surface area contributed by atoms with Gasteiger partial charge >= 0.3 is 5.97 Å². The molecule has 8 heteroatoms. The van der Waals surface area contributed by atoms with E-state index in [9.17, 15) is 19.5 Å². The number of Topliss-reactive ketones (excluding diaryl/α,β-unsaturated/α-hetero) is 1. The third-order valence-corrected chi connectivity index (χ3v) is 6.87. The molecule has 1 amide bonds. The lowest BCUT2D eigenvalue weighted by atomic mass is 9.87. The number of carboxylic acid groups (broad SMARTS) is 1. The molecule has 5 rings (SSSR count). The number of carbonyl (C=O) groups is 3. The largest absolute Gasteiger partial charge is 0.493 e. The van der Waals surface area contributed by atoms with Crippen molar-refractivity contribution in [2.75, 3.05) is 19.5 Å². The highest BCUT2D eigenvalue weighted by atomic mass is 16.5. The van der Waals surface area contributed by atoms with Crippen molar-refractivity contribution in [3.63, 3.8) is 0 Å². The predicted octanol–water partition coefficient (Wildman–Crippen LogP) is 4.90. The number of aromatic amines is 1. The Morgan fingerprint density at radius 3 is 2.47 bits per heavy atom. The number of amides is 1. The summed E-state index contributed by atoms with van der Waals surface area (Å²) in [6.45, 7) is 1.56. The Balaban J connectivity index is 1.63. The van der Waals surface area contributed by atoms with E-state index in [-0.39, 0.29) is 11.7 Å². The van der Waals surface area contributed by atoms with Crippen LogP contribution in [-0.4, -0.2) is 42.0 Å². The van der Waals surface area contributed by atoms with Crippen LogP contribution in [0.1, 0.15) is 58.6 Å². The van der Waals surface area contributed by atoms with E-state index in [1.54, 1.807) is 27.2 Å². The molecule has 0 bridgehead atoms. The number of methoxy groups -OCH3 is 2. The molecule has 2 heterocycles. The van der Waals surface area contributed by atoms with Crippen LogP contribution >= 0.6 is 0 Å². The number of ketones is 1. The minimum Gasteiger partial charge on any atom is -0.493 e. The van der Waals surface area contributed by atoms with Gasteiger partial charge in [-0.15, -0.1) is 0 Å². The first-order chi connectivity index (χ1) is 17.3. The number of carbonyl (C=O) groups excluding carboxylic acids is 2. The van der Waals surface area contributed by atoms with Crippen molar-refractivity contribution >= 4 is 35.0 Å². The molecule has 3 N–H and O–H groups in total. The highest BCUT2D eigenvalue weighted by Crippen LogP contribution is 2.40. The number of anilines is 1. The van der Waals surface area contributed by atoms with Gasteiger partial charge in [0, 0.05) is 40.2 Å². The Morgan fingerprint density at radius 1 is 1.03 bits per heavy atom. The molecule has 0 spiro atoms. The van der Waals surface area contributed by atoms with Gasteiger partial charge in [-0.3, -0.25) is 14.4 Å². The first-order valence-corrected chi connectivity index (χ1v) is 11.7. The van der Waals surface area contributed by atoms with E-state index < -0.39 is 11.9 Å². The normalized spacial score (nSPS) is 16.4. The van der Waals surface area contributed by atoms with Crippen molar-refractivity contribution in [2.24, 2.45) is 0 Å². The number of aliphatic carboxylic acids is 1. The Labute approximate surface area is 207 Å². The average molecular weight is 487 g/mol. The lowest BCUT2D eigenvalue weighted by Crippen LogP contribution is -2.15. The summed E-state index contributed by atoms with van der Waals surface area (Å²) in [5, 5.41) is 12.6. The number of carboxylic acids is 1. The lowest BCUT2D eigenvalue weighted by molar-refractivity contribution is -0.138. The number of aryl methyl sites for hydroxylation is 1. The van der Waals surface area contributed by atoms with E-state index in [0.717, 1.165) is 16.8 Å². The van der Waals surface area contributed by atoms with Crippen LogP contribution in [0.2, 0.25) is 0 Å². The van der Waals surface area contributed by atoms with Crippen LogP contribution < -0.4 is 14.8 Å². The number of hydrogen-bond acceptors (Lipinski definition) is 5. The van der Waals surface area contributed by atoms with Crippen molar-refractivity contribution < 1.29 is 29.0 Å². The van der Waals surface area contributed by atoms with Gasteiger partial charge in [0.2, 0.25) is 0 Å². The Morgan fingerprint density at radius 2 is 1.75 bits per heavy atom. The molecule has 0 saturated carbocycles. The van der Waals surface area contributed by atoms with Gasteiger partial charge in [-0.1, -0.05) is 12.1 Å². The number of H-pyrrole nitrogens is 1. The first kappa shape index (κ1) is 23.4. The number of aromatic nitrogens is 1. The molecule has 8 nitrogen and oxygen atoms in total. The Bertz CT molecular complexity index is 1450. The summed E-state index contributed by atoms with van der Waals surface area (Å²) in [4.78, 5) is 40.8. The second-order valence-electron chi connectivity index (χ2n) is 8.98. The number of fused-ring (bicyclic) bond motifs is 2. The highest BCUT2D eigenvalue weighted by Gasteiger charge is 2.32. The second kappa shape index (κ2) is 9.03. The second-order valence-corrected chi connectivity index (χ2v) is 8.98. The molecule has 3 aromatic rings. The number of nitrogens with one attached hydrogen (secondary N) is 2. The molecule has 2 aliphatic rings. The summed E-state index contributed by atoms with van der Waals surface area (Å²) in [6, 6.07) is 11.3. The highest BCUT2D eigenvalue weighted by molar-refractivity contribution is 6.35. The predicted molar refractivity (Wildman–Crippen MR) is 136 cm³/mol. The molecule has 0 radical (unpaired) electrons. The molecular formula is C28H26N2O6. The fraction of sp³-hybridized carbons (Fsp3) is 0.250. The fourth-order valence-corrected chi connectivity index (χ4v) is 5.00. The maximum Gasteiger partial charge on any atom is 0.310 e. The molecule has 1 aliphatic carbocycles. The molecule has 2 aromatic carbocycles. The Kier molecular flexibility index (Phi) is 5.88. The van der Waals surface area contributed by atoms with Gasteiger partial charge in [-0.25, -0.2) is 0 Å². The van der Waals surface area contributed by atoms with Gasteiger partial charge in [0.1, 0.15) is 0 Å². The molecule has 1 atom stereocenters. The molecule has 0 fully saturated rings. The van der Waals surface area contributed by atoms with Gasteiger partial charge in [0.15, 0.2) is 17.3 Å². The number of ether oxygens (including phenoxy) is 2. The fourth-order valence-electron chi connectivity index (χ4n) is 5.00. The smallest absolute Gasteiger partial charge is 0.310 e. The monoisotopic (exact) mass is 486 g/mol. The van der Waals surface area contributed by atoms with Crippen LogP contribution in [0.5, 0.6) is 11.5 Å². The van der Waals surface area contributed by atoms with Crippen molar-refractivity contribution in [2.45, 2.75) is 32.1 Å². The summed E-state index contributed by atoms with van der Waals surface area (Å²) in [5.74, 6) is -1.07. The minimum absolute atomic E-state index is 0.0627. The third kappa shape index (κ3) is 3.84. The van der Waals surface area contributed by atoms with E-state index in [0.29, 0.717) is 64.4 Å². The number of hydrogen-bond donors (Lipinski definition) is 3. The molecule has 184 valence electrons. The van der Waals surface area contributed by atoms with Crippen LogP contribution in [-0.2, 0) is 16.0 Å². The summed E-state index contributed by atoms with van der Waals surface area (Å²) in [6.07, 6.45) is 3.43. The zero-order valence-electron chi connectivity index (χ0n) is 20.2. The van der Waals surface area contributed by atoms with Crippen molar-refractivity contribution in [1.82, 2.24) is 4.98 Å². The van der Waals surface area contributed by atoms with Gasteiger partial charge in [0.25, 0.3) is 5.91 Å². The molecule has 1 unspecified atom stereocenters. The van der Waals surface area contributed by atoms with Gasteiger partial charge in [-0.05, 0) is 61.2 Å². The topological polar surface area (TPSA) is 118 Å². The van der Waals surface area contributed by atoms with E-state index in [2.05, 4.69) is 10.3 Å². The molecule has 1 aromatic heterocycles. The standard InChI is InChI=1S/C28H26N2O6/c1-14(28(33)34)25-21(29-20-5-4-6-22(31)26(20)25)13-18-17-11-15(7-9-19(17)30-27(18)32)16-8-10-23(35-2)24(12-16)36-3/h7-14,29H,4-6H2,1-3H3,(H,30,32)(H,33,34)/b18-13-. The van der Waals surface area contributed by atoms with E-state index in [1.807, 2.05) is 36.4 Å². The molecule has 1 aliphatic heterocycles. The van der Waals surface area contributed by atoms with Crippen LogP contribution in [0.15, 0.2) is 36.4 Å². The van der Waals surface area contributed by atoms with Crippen LogP contribution in [0.25, 0.3) is 22.8 Å². The van der Waals surface area contributed by atoms with Crippen molar-refractivity contribution in [1.29, 1.82) is 0 Å². The maximum absolute atomic E-state index is 13.0. The summed E-state index contributed by atoms with van der Waals surface area (Å²) in [7, 11) is 3.15. The number of rotatable bonds is 6. The van der Waals surface area contributed by atoms with Gasteiger partial charge in [-0.2, -0.15) is 0 Å². The van der Waals surface area contributed by atoms with Crippen molar-refractivity contribution in [3.8, 4) is 22.6 Å². The third-order valence-electron chi connectivity index (χ3n) is 6.87. The van der Waals surface area contributed by atoms with Crippen molar-refractivity contribution in [3.05, 3.63) is 64.5 Å². The van der Waals surface area contributed by atoms with Crippen LogP contribution in [0, 0.1) is 0 Å². The molecule has 36 heavy (non-hydrogen) atoms. The van der Waals surface area contributed by atoms with E-state index >= 15 is 0 Å². The van der Waals surface area contributed by atoms with E-state index in [4.69, 9.17) is 9.47 Å². The summed E-state index contributed by atoms with van der Waals surface area (Å²) < 4.78 is 10.8. The SMILES string of the molecule is COc1ccc(-c2ccc3c(c2)/C(=C/c2[nH]c4c(c2C(C)C(=O)O)C(=O)CCC4)C(=O)N3)cc1OC. The summed E-state index contributed by atoms with van der Waals surface area (Å²) in [5.41, 5.74) is 5.63. The van der Waals surface area contributed by atoms with Crippen LogP contribution in [0.4, 0.5) is 5.69 Å².